The molecule has 5 heteroatoms. The fraction of sp³-hybridized carbons (Fsp3) is 0.333. The van der Waals surface area contributed by atoms with E-state index in [-0.39, 0.29) is 11.8 Å². The van der Waals surface area contributed by atoms with Gasteiger partial charge in [0.1, 0.15) is 0 Å². The number of hydrogen-bond acceptors (Lipinski definition) is 3. The zero-order valence-electron chi connectivity index (χ0n) is 14.8. The fourth-order valence-corrected chi connectivity index (χ4v) is 3.59. The van der Waals surface area contributed by atoms with Gasteiger partial charge in [0, 0.05) is 19.6 Å². The molecule has 3 aromatic rings. The highest BCUT2D eigenvalue weighted by Gasteiger charge is 2.27. The van der Waals surface area contributed by atoms with Crippen LogP contribution >= 0.6 is 0 Å². The number of H-pyrrole nitrogens is 1. The van der Waals surface area contributed by atoms with E-state index in [1.54, 1.807) is 0 Å². The molecule has 5 nitrogen and oxygen atoms in total. The number of nitrogens with zero attached hydrogens (tertiary/aromatic N) is 2. The van der Waals surface area contributed by atoms with Crippen molar-refractivity contribution in [1.82, 2.24) is 15.3 Å². The van der Waals surface area contributed by atoms with Crippen molar-refractivity contribution in [3.63, 3.8) is 0 Å². The third-order valence-electron chi connectivity index (χ3n) is 5.02. The first-order valence-corrected chi connectivity index (χ1v) is 9.31. The van der Waals surface area contributed by atoms with Crippen LogP contribution in [0.5, 0.6) is 0 Å². The number of para-hydroxylation sites is 2. The predicted molar refractivity (Wildman–Crippen MR) is 104 cm³/mol. The molecule has 0 bridgehead atoms. The molecule has 1 amide bonds. The second kappa shape index (κ2) is 7.60. The molecule has 26 heavy (non-hydrogen) atoms. The lowest BCUT2D eigenvalue weighted by molar-refractivity contribution is -0.125. The van der Waals surface area contributed by atoms with E-state index in [0.717, 1.165) is 49.3 Å². The lowest BCUT2D eigenvalue weighted by Gasteiger charge is -2.31. The molecule has 0 saturated carbocycles. The molecule has 2 aromatic carbocycles. The Morgan fingerprint density at radius 3 is 2.81 bits per heavy atom. The Bertz CT molecular complexity index is 841. The van der Waals surface area contributed by atoms with Gasteiger partial charge in [-0.05, 0) is 37.0 Å². The van der Waals surface area contributed by atoms with Gasteiger partial charge < -0.3 is 15.2 Å². The molecule has 0 aliphatic carbocycles. The van der Waals surface area contributed by atoms with Gasteiger partial charge in [0.25, 0.3) is 0 Å². The number of aromatic amines is 1. The molecular weight excluding hydrogens is 324 g/mol. The van der Waals surface area contributed by atoms with Crippen LogP contribution in [0.25, 0.3) is 11.0 Å². The molecule has 1 atom stereocenters. The molecule has 0 unspecified atom stereocenters. The van der Waals surface area contributed by atoms with E-state index in [4.69, 9.17) is 0 Å². The van der Waals surface area contributed by atoms with E-state index >= 15 is 0 Å². The van der Waals surface area contributed by atoms with Crippen LogP contribution in [0.1, 0.15) is 18.4 Å². The van der Waals surface area contributed by atoms with E-state index in [1.807, 2.05) is 42.5 Å². The second-order valence-electron chi connectivity index (χ2n) is 6.89. The minimum atomic E-state index is 0.0211. The maximum atomic E-state index is 12.6. The fourth-order valence-electron chi connectivity index (χ4n) is 3.59. The maximum absolute atomic E-state index is 12.6. The Kier molecular flexibility index (Phi) is 4.86. The van der Waals surface area contributed by atoms with Crippen LogP contribution < -0.4 is 10.2 Å². The summed E-state index contributed by atoms with van der Waals surface area (Å²) in [7, 11) is 0. The van der Waals surface area contributed by atoms with Gasteiger partial charge in [0.05, 0.1) is 17.0 Å². The number of imidazole rings is 1. The van der Waals surface area contributed by atoms with E-state index < -0.39 is 0 Å². The number of nitrogens with one attached hydrogen (secondary N) is 2. The van der Waals surface area contributed by atoms with Crippen LogP contribution in [0.15, 0.2) is 54.6 Å². The van der Waals surface area contributed by atoms with Crippen molar-refractivity contribution in [2.75, 3.05) is 24.5 Å². The van der Waals surface area contributed by atoms with Crippen molar-refractivity contribution < 1.29 is 4.79 Å². The van der Waals surface area contributed by atoms with E-state index in [0.29, 0.717) is 6.54 Å². The highest BCUT2D eigenvalue weighted by Crippen LogP contribution is 2.23. The Balaban J connectivity index is 1.34. The Morgan fingerprint density at radius 2 is 1.96 bits per heavy atom. The molecule has 1 aliphatic rings. The normalized spacial score (nSPS) is 17.4. The van der Waals surface area contributed by atoms with Crippen molar-refractivity contribution in [2.45, 2.75) is 19.3 Å². The predicted octanol–water partition coefficient (Wildman–Crippen LogP) is 3.14. The number of aromatic nitrogens is 2. The third kappa shape index (κ3) is 3.72. The van der Waals surface area contributed by atoms with Crippen LogP contribution in [0.4, 0.5) is 5.95 Å². The largest absolute Gasteiger partial charge is 0.355 e. The molecule has 2 heterocycles. The highest BCUT2D eigenvalue weighted by atomic mass is 16.1. The van der Waals surface area contributed by atoms with E-state index in [1.165, 1.54) is 5.56 Å². The number of rotatable bonds is 5. The van der Waals surface area contributed by atoms with E-state index in [9.17, 15) is 4.79 Å². The average molecular weight is 348 g/mol. The van der Waals surface area contributed by atoms with Gasteiger partial charge in [-0.3, -0.25) is 4.79 Å². The van der Waals surface area contributed by atoms with Gasteiger partial charge in [0.2, 0.25) is 11.9 Å². The van der Waals surface area contributed by atoms with Crippen molar-refractivity contribution in [1.29, 1.82) is 0 Å². The van der Waals surface area contributed by atoms with Crippen LogP contribution in [-0.4, -0.2) is 35.5 Å². The Hall–Kier alpha value is -2.82. The summed E-state index contributed by atoms with van der Waals surface area (Å²) >= 11 is 0. The van der Waals surface area contributed by atoms with Crippen molar-refractivity contribution in [3.8, 4) is 0 Å². The summed E-state index contributed by atoms with van der Waals surface area (Å²) in [5, 5.41) is 3.10. The quantitative estimate of drug-likeness (QED) is 0.745. The lowest BCUT2D eigenvalue weighted by atomic mass is 9.97. The Labute approximate surface area is 153 Å². The van der Waals surface area contributed by atoms with Crippen LogP contribution in [0.3, 0.4) is 0 Å². The third-order valence-corrected chi connectivity index (χ3v) is 5.02. The first-order chi connectivity index (χ1) is 12.8. The molecule has 134 valence electrons. The van der Waals surface area contributed by atoms with Gasteiger partial charge in [0.15, 0.2) is 0 Å². The first-order valence-electron chi connectivity index (χ1n) is 9.31. The molecule has 1 aromatic heterocycles. The molecular formula is C21H24N4O. The highest BCUT2D eigenvalue weighted by molar-refractivity contribution is 5.80. The van der Waals surface area contributed by atoms with Crippen LogP contribution in [0.2, 0.25) is 0 Å². The summed E-state index contributed by atoms with van der Waals surface area (Å²) in [6.07, 6.45) is 2.81. The smallest absolute Gasteiger partial charge is 0.224 e. The molecule has 1 aliphatic heterocycles. The first kappa shape index (κ1) is 16.6. The topological polar surface area (TPSA) is 61.0 Å². The number of piperidine rings is 1. The molecule has 0 radical (unpaired) electrons. The summed E-state index contributed by atoms with van der Waals surface area (Å²) in [5.74, 6) is 1.04. The van der Waals surface area contributed by atoms with E-state index in [2.05, 4.69) is 32.3 Å². The number of carbonyl (C=O) groups excluding carboxylic acids is 1. The summed E-state index contributed by atoms with van der Waals surface area (Å²) in [4.78, 5) is 22.8. The molecule has 0 spiro atoms. The molecule has 2 N–H and O–H groups in total. The zero-order chi connectivity index (χ0) is 17.8. The number of benzene rings is 2. The number of anilines is 1. The molecule has 1 fully saturated rings. The summed E-state index contributed by atoms with van der Waals surface area (Å²) < 4.78 is 0. The van der Waals surface area contributed by atoms with Gasteiger partial charge >= 0.3 is 0 Å². The average Bonchev–Trinajstić information content (AvgIpc) is 3.13. The summed E-state index contributed by atoms with van der Waals surface area (Å²) in [5.41, 5.74) is 3.26. The number of hydrogen-bond donors (Lipinski definition) is 2. The van der Waals surface area contributed by atoms with Crippen LogP contribution in [-0.2, 0) is 11.2 Å². The summed E-state index contributed by atoms with van der Waals surface area (Å²) in [6.45, 7) is 2.34. The summed E-state index contributed by atoms with van der Waals surface area (Å²) in [6, 6.07) is 18.3. The Morgan fingerprint density at radius 1 is 1.15 bits per heavy atom. The number of carbonyl (C=O) groups is 1. The van der Waals surface area contributed by atoms with Crippen molar-refractivity contribution in [2.24, 2.45) is 5.92 Å². The standard InChI is InChI=1S/C21H24N4O/c26-20(22-13-12-16-7-2-1-3-8-16)17-9-6-14-25(15-17)21-23-18-10-4-5-11-19(18)24-21/h1-5,7-8,10-11,17H,6,9,12-15H2,(H,22,26)(H,23,24)/t17-/m0/s1. The monoisotopic (exact) mass is 348 g/mol. The van der Waals surface area contributed by atoms with Crippen molar-refractivity contribution >= 4 is 22.9 Å². The second-order valence-corrected chi connectivity index (χ2v) is 6.89. The minimum absolute atomic E-state index is 0.0211. The molecule has 1 saturated heterocycles. The van der Waals surface area contributed by atoms with Gasteiger partial charge in [-0.1, -0.05) is 42.5 Å². The minimum Gasteiger partial charge on any atom is -0.355 e. The molecule has 4 rings (SSSR count). The van der Waals surface area contributed by atoms with Crippen LogP contribution in [0, 0.1) is 5.92 Å². The SMILES string of the molecule is O=C(NCCc1ccccc1)[C@H]1CCCN(c2nc3ccccc3[nH]2)C1. The van der Waals surface area contributed by atoms with Gasteiger partial charge in [-0.25, -0.2) is 4.98 Å². The number of fused-ring (bicyclic) bond motifs is 1. The zero-order valence-corrected chi connectivity index (χ0v) is 14.8. The number of amides is 1. The van der Waals surface area contributed by atoms with Crippen molar-refractivity contribution in [3.05, 3.63) is 60.2 Å². The maximum Gasteiger partial charge on any atom is 0.224 e. The van der Waals surface area contributed by atoms with Gasteiger partial charge in [-0.15, -0.1) is 0 Å². The van der Waals surface area contributed by atoms with Gasteiger partial charge in [-0.2, -0.15) is 0 Å². The lowest BCUT2D eigenvalue weighted by Crippen LogP contribution is -2.43.